The molecule has 3 aliphatic rings. The predicted octanol–water partition coefficient (Wildman–Crippen LogP) is 1.45. The maximum absolute atomic E-state index is 13.0. The fraction of sp³-hybridized carbons (Fsp3) is 0.783. The Morgan fingerprint density at radius 2 is 1.80 bits per heavy atom. The van der Waals surface area contributed by atoms with Gasteiger partial charge in [0.2, 0.25) is 0 Å². The van der Waals surface area contributed by atoms with Gasteiger partial charge in [-0.2, -0.15) is 0 Å². The molecule has 196 valence electrons. The molecular formula is C23H37N3O8Si. The monoisotopic (exact) mass is 511 g/mol. The van der Waals surface area contributed by atoms with Crippen molar-refractivity contribution in [3.05, 3.63) is 32.6 Å². The summed E-state index contributed by atoms with van der Waals surface area (Å²) in [6, 6.07) is 0. The highest BCUT2D eigenvalue weighted by molar-refractivity contribution is 6.74. The molecule has 3 fully saturated rings. The number of nitrogens with one attached hydrogen (secondary N) is 1. The molecule has 0 spiro atoms. The van der Waals surface area contributed by atoms with E-state index in [1.54, 1.807) is 13.8 Å². The van der Waals surface area contributed by atoms with Crippen LogP contribution in [0.15, 0.2) is 15.8 Å². The third kappa shape index (κ3) is 5.18. The van der Waals surface area contributed by atoms with Crippen LogP contribution >= 0.6 is 0 Å². The molecule has 1 N–H and O–H groups in total. The third-order valence-corrected chi connectivity index (χ3v) is 11.8. The second-order valence-electron chi connectivity index (χ2n) is 11.3. The van der Waals surface area contributed by atoms with Gasteiger partial charge >= 0.3 is 5.69 Å². The summed E-state index contributed by atoms with van der Waals surface area (Å²) >= 11 is 0. The smallest absolute Gasteiger partial charge is 0.330 e. The lowest BCUT2D eigenvalue weighted by Gasteiger charge is -2.37. The van der Waals surface area contributed by atoms with Crippen LogP contribution in [-0.4, -0.2) is 85.7 Å². The Morgan fingerprint density at radius 1 is 1.17 bits per heavy atom. The summed E-state index contributed by atoms with van der Waals surface area (Å²) in [6.07, 6.45) is -1.20. The van der Waals surface area contributed by atoms with Crippen LogP contribution in [0.3, 0.4) is 0 Å². The first-order chi connectivity index (χ1) is 16.2. The van der Waals surface area contributed by atoms with Crippen molar-refractivity contribution in [2.24, 2.45) is 0 Å². The van der Waals surface area contributed by atoms with Gasteiger partial charge in [-0.05, 0) is 32.0 Å². The Kier molecular flexibility index (Phi) is 6.92. The van der Waals surface area contributed by atoms with Crippen molar-refractivity contribution in [1.82, 2.24) is 14.5 Å². The van der Waals surface area contributed by atoms with Gasteiger partial charge in [0.05, 0.1) is 19.8 Å². The minimum absolute atomic E-state index is 0.0152. The molecular weight excluding hydrogens is 474 g/mol. The zero-order valence-electron chi connectivity index (χ0n) is 21.6. The molecule has 1 aromatic rings. The maximum Gasteiger partial charge on any atom is 0.330 e. The van der Waals surface area contributed by atoms with E-state index in [1.807, 2.05) is 0 Å². The number of hydrogen-bond acceptors (Lipinski definition) is 8. The lowest BCUT2D eigenvalue weighted by atomic mass is 10.1. The summed E-state index contributed by atoms with van der Waals surface area (Å²) in [6.45, 7) is 16.2. The minimum Gasteiger partial charge on any atom is -0.414 e. The molecule has 1 aromatic heterocycles. The topological polar surface area (TPSA) is 121 Å². The van der Waals surface area contributed by atoms with Gasteiger partial charge in [-0.1, -0.05) is 20.8 Å². The number of H-pyrrole nitrogens is 1. The number of aromatic nitrogens is 2. The van der Waals surface area contributed by atoms with Crippen LogP contribution in [0.25, 0.3) is 0 Å². The number of rotatable bonds is 5. The molecule has 0 aromatic carbocycles. The van der Waals surface area contributed by atoms with Crippen molar-refractivity contribution < 1.29 is 28.2 Å². The normalized spacial score (nSPS) is 28.8. The number of aromatic amines is 1. The van der Waals surface area contributed by atoms with Gasteiger partial charge in [-0.3, -0.25) is 19.1 Å². The fourth-order valence-electron chi connectivity index (χ4n) is 4.29. The molecule has 0 saturated carbocycles. The van der Waals surface area contributed by atoms with Gasteiger partial charge in [0.25, 0.3) is 11.5 Å². The molecule has 1 amide bonds. The number of morpholine rings is 1. The van der Waals surface area contributed by atoms with E-state index in [1.165, 1.54) is 15.7 Å². The first kappa shape index (κ1) is 26.2. The summed E-state index contributed by atoms with van der Waals surface area (Å²) in [5, 5.41) is 0.0152. The molecule has 11 nitrogen and oxygen atoms in total. The molecule has 4 atom stereocenters. The first-order valence-corrected chi connectivity index (χ1v) is 15.0. The van der Waals surface area contributed by atoms with E-state index in [2.05, 4.69) is 38.8 Å². The van der Waals surface area contributed by atoms with Crippen LogP contribution in [-0.2, 0) is 23.4 Å². The highest BCUT2D eigenvalue weighted by Crippen LogP contribution is 2.44. The van der Waals surface area contributed by atoms with Gasteiger partial charge in [0.15, 0.2) is 20.3 Å². The Balaban J connectivity index is 1.63. The number of amides is 1. The van der Waals surface area contributed by atoms with Crippen LogP contribution in [0.5, 0.6) is 0 Å². The summed E-state index contributed by atoms with van der Waals surface area (Å²) in [4.78, 5) is 42.2. The minimum atomic E-state index is -2.07. The molecule has 0 bridgehead atoms. The molecule has 35 heavy (non-hydrogen) atoms. The Bertz CT molecular complexity index is 1070. The summed E-state index contributed by atoms with van der Waals surface area (Å²) in [5.74, 6) is -1.34. The summed E-state index contributed by atoms with van der Waals surface area (Å²) in [5.41, 5.74) is -1.55. The fourth-order valence-corrected chi connectivity index (χ4v) is 5.30. The number of hydrogen-bond donors (Lipinski definition) is 1. The van der Waals surface area contributed by atoms with E-state index < -0.39 is 55.8 Å². The standard InChI is InChI=1S/C23H37N3O8Si/c1-22(2,3)35(6,7)31-13-15-16-17(34-23(4,5)33-16)20(32-15)26-12-14(18(27)24-21(26)29)19(28)25-8-10-30-11-9-25/h12,15-17,20H,8-11,13H2,1-7H3,(H,24,27,29)/t15-,16-,17-,20-/m1/s1. The second kappa shape index (κ2) is 9.24. The molecule has 4 heterocycles. The summed E-state index contributed by atoms with van der Waals surface area (Å²) < 4.78 is 31.4. The van der Waals surface area contributed by atoms with E-state index >= 15 is 0 Å². The van der Waals surface area contributed by atoms with E-state index in [0.29, 0.717) is 26.3 Å². The van der Waals surface area contributed by atoms with Gasteiger partial charge in [0, 0.05) is 19.3 Å². The van der Waals surface area contributed by atoms with Gasteiger partial charge in [-0.25, -0.2) is 4.79 Å². The Labute approximate surface area is 205 Å². The van der Waals surface area contributed by atoms with Gasteiger partial charge < -0.3 is 28.3 Å². The van der Waals surface area contributed by atoms with E-state index in [9.17, 15) is 14.4 Å². The average Bonchev–Trinajstić information content (AvgIpc) is 3.25. The van der Waals surface area contributed by atoms with Crippen LogP contribution in [0.1, 0.15) is 51.2 Å². The molecule has 0 aliphatic carbocycles. The van der Waals surface area contributed by atoms with Crippen molar-refractivity contribution in [3.8, 4) is 0 Å². The average molecular weight is 512 g/mol. The van der Waals surface area contributed by atoms with E-state index in [-0.39, 0.29) is 17.2 Å². The zero-order valence-corrected chi connectivity index (χ0v) is 22.6. The SMILES string of the molecule is CC1(C)O[C@@H]2[C@H](O1)[C@@H](CO[Si](C)(C)C(C)(C)C)O[C@H]2n1cc(C(=O)N2CCOCC2)c(=O)[nH]c1=O. The number of carbonyl (C=O) groups excluding carboxylic acids is 1. The molecule has 0 unspecified atom stereocenters. The van der Waals surface area contributed by atoms with Crippen molar-refractivity contribution in [2.75, 3.05) is 32.9 Å². The highest BCUT2D eigenvalue weighted by Gasteiger charge is 2.56. The molecule has 4 rings (SSSR count). The molecule has 3 saturated heterocycles. The van der Waals surface area contributed by atoms with Crippen LogP contribution in [0.4, 0.5) is 0 Å². The Morgan fingerprint density at radius 3 is 2.43 bits per heavy atom. The van der Waals surface area contributed by atoms with Gasteiger partial charge in [0.1, 0.15) is 23.9 Å². The van der Waals surface area contributed by atoms with Crippen molar-refractivity contribution in [3.63, 3.8) is 0 Å². The van der Waals surface area contributed by atoms with Crippen LogP contribution < -0.4 is 11.2 Å². The lowest BCUT2D eigenvalue weighted by Crippen LogP contribution is -2.45. The zero-order chi connectivity index (χ0) is 25.8. The number of carbonyl (C=O) groups is 1. The quantitative estimate of drug-likeness (QED) is 0.590. The van der Waals surface area contributed by atoms with Gasteiger partial charge in [-0.15, -0.1) is 0 Å². The predicted molar refractivity (Wildman–Crippen MR) is 129 cm³/mol. The Hall–Kier alpha value is -1.83. The second-order valence-corrected chi connectivity index (χ2v) is 16.1. The van der Waals surface area contributed by atoms with Crippen molar-refractivity contribution in [2.45, 2.75) is 83.1 Å². The highest BCUT2D eigenvalue weighted by atomic mass is 28.4. The maximum atomic E-state index is 13.0. The van der Waals surface area contributed by atoms with Crippen LogP contribution in [0, 0.1) is 0 Å². The van der Waals surface area contributed by atoms with Crippen molar-refractivity contribution in [1.29, 1.82) is 0 Å². The van der Waals surface area contributed by atoms with Crippen molar-refractivity contribution >= 4 is 14.2 Å². The first-order valence-electron chi connectivity index (χ1n) is 12.1. The number of ether oxygens (including phenoxy) is 4. The lowest BCUT2D eigenvalue weighted by molar-refractivity contribution is -0.200. The van der Waals surface area contributed by atoms with E-state index in [4.69, 9.17) is 23.4 Å². The molecule has 12 heteroatoms. The summed E-state index contributed by atoms with van der Waals surface area (Å²) in [7, 11) is -2.07. The molecule has 3 aliphatic heterocycles. The largest absolute Gasteiger partial charge is 0.414 e. The van der Waals surface area contributed by atoms with Crippen LogP contribution in [0.2, 0.25) is 18.1 Å². The van der Waals surface area contributed by atoms with E-state index in [0.717, 1.165) is 0 Å². The third-order valence-electron chi connectivity index (χ3n) is 7.31. The number of nitrogens with zero attached hydrogens (tertiary/aromatic N) is 2. The number of fused-ring (bicyclic) bond motifs is 1. The molecule has 0 radical (unpaired) electrons.